The zero-order valence-electron chi connectivity index (χ0n) is 5.53. The molecule has 0 aliphatic carbocycles. The summed E-state index contributed by atoms with van der Waals surface area (Å²) >= 11 is 0. The lowest BCUT2D eigenvalue weighted by molar-refractivity contribution is -0.153. The van der Waals surface area contributed by atoms with Crippen LogP contribution in [-0.2, 0) is 14.3 Å². The average Bonchev–Trinajstić information content (AvgIpc) is 2.09. The minimum absolute atomic E-state index is 0.314. The molecule has 4 heteroatoms. The molecule has 0 aromatic heterocycles. The lowest BCUT2D eigenvalue weighted by atomic mass is 9.98. The van der Waals surface area contributed by atoms with Gasteiger partial charge in [-0.05, 0) is 0 Å². The third kappa shape index (κ3) is 0.903. The smallest absolute Gasteiger partial charge is 0.319 e. The zero-order valence-corrected chi connectivity index (χ0v) is 5.53. The molecule has 2 unspecified atom stereocenters. The first-order valence-electron chi connectivity index (χ1n) is 3.03. The highest BCUT2D eigenvalue weighted by atomic mass is 16.6. The van der Waals surface area contributed by atoms with Crippen LogP contribution in [0, 0.1) is 11.8 Å². The summed E-state index contributed by atoms with van der Waals surface area (Å²) in [6, 6.07) is 0. The van der Waals surface area contributed by atoms with Crippen molar-refractivity contribution in [1.29, 1.82) is 0 Å². The van der Waals surface area contributed by atoms with Crippen molar-refractivity contribution in [2.24, 2.45) is 11.8 Å². The third-order valence-electron chi connectivity index (χ3n) is 1.68. The molecule has 56 valence electrons. The number of cyclic esters (lactones) is 2. The zero-order chi connectivity index (χ0) is 7.72. The molecular weight excluding hydrogens is 136 g/mol. The van der Waals surface area contributed by atoms with Gasteiger partial charge in [0.1, 0.15) is 0 Å². The van der Waals surface area contributed by atoms with E-state index in [0.29, 0.717) is 0 Å². The molecule has 0 radical (unpaired) electrons. The maximum absolute atomic E-state index is 10.6. The molecule has 1 aliphatic rings. The number of esters is 2. The quantitative estimate of drug-likeness (QED) is 0.391. The largest absolute Gasteiger partial charge is 0.395 e. The summed E-state index contributed by atoms with van der Waals surface area (Å²) in [7, 11) is 0. The molecule has 1 saturated heterocycles. The molecule has 1 aliphatic heterocycles. The Kier molecular flexibility index (Phi) is 1.72. The van der Waals surface area contributed by atoms with Crippen LogP contribution >= 0.6 is 0 Å². The van der Waals surface area contributed by atoms with Gasteiger partial charge in [-0.15, -0.1) is 0 Å². The highest BCUT2D eigenvalue weighted by molar-refractivity contribution is 5.96. The standard InChI is InChI=1S/C6H8O4/c1-3-4(2-7)6(9)10-5(3)8/h3-4,7H,2H2,1H3. The lowest BCUT2D eigenvalue weighted by Gasteiger charge is -2.01. The van der Waals surface area contributed by atoms with Crippen molar-refractivity contribution in [3.8, 4) is 0 Å². The first kappa shape index (κ1) is 7.21. The normalized spacial score (nSPS) is 32.6. The first-order chi connectivity index (χ1) is 4.66. The van der Waals surface area contributed by atoms with Crippen LogP contribution in [0.5, 0.6) is 0 Å². The Hall–Kier alpha value is -0.900. The molecule has 0 spiro atoms. The van der Waals surface area contributed by atoms with E-state index in [1.807, 2.05) is 0 Å². The van der Waals surface area contributed by atoms with Crippen LogP contribution in [0.2, 0.25) is 0 Å². The second-order valence-electron chi connectivity index (χ2n) is 2.32. The number of ether oxygens (including phenoxy) is 1. The number of rotatable bonds is 1. The van der Waals surface area contributed by atoms with Gasteiger partial charge in [-0.1, -0.05) is 6.92 Å². The van der Waals surface area contributed by atoms with E-state index in [0.717, 1.165) is 0 Å². The highest BCUT2D eigenvalue weighted by Gasteiger charge is 2.40. The SMILES string of the molecule is CC1C(=O)OC(=O)C1CO. The summed E-state index contributed by atoms with van der Waals surface area (Å²) in [6.45, 7) is 1.25. The van der Waals surface area contributed by atoms with Crippen molar-refractivity contribution in [3.63, 3.8) is 0 Å². The molecule has 0 saturated carbocycles. The second kappa shape index (κ2) is 2.38. The average molecular weight is 144 g/mol. The maximum atomic E-state index is 10.6. The summed E-state index contributed by atoms with van der Waals surface area (Å²) in [6.07, 6.45) is 0. The van der Waals surface area contributed by atoms with Gasteiger partial charge < -0.3 is 9.84 Å². The topological polar surface area (TPSA) is 63.6 Å². The lowest BCUT2D eigenvalue weighted by Crippen LogP contribution is -2.18. The van der Waals surface area contributed by atoms with E-state index in [4.69, 9.17) is 5.11 Å². The van der Waals surface area contributed by atoms with Gasteiger partial charge >= 0.3 is 11.9 Å². The van der Waals surface area contributed by atoms with E-state index in [-0.39, 0.29) is 6.61 Å². The van der Waals surface area contributed by atoms with Crippen LogP contribution < -0.4 is 0 Å². The number of carbonyl (C=O) groups is 2. The number of aliphatic hydroxyl groups is 1. The van der Waals surface area contributed by atoms with Crippen LogP contribution in [0.3, 0.4) is 0 Å². The third-order valence-corrected chi connectivity index (χ3v) is 1.68. The summed E-state index contributed by atoms with van der Waals surface area (Å²) in [4.78, 5) is 21.2. The molecular formula is C6H8O4. The molecule has 1 N–H and O–H groups in total. The second-order valence-corrected chi connectivity index (χ2v) is 2.32. The molecule has 4 nitrogen and oxygen atoms in total. The van der Waals surface area contributed by atoms with E-state index in [2.05, 4.69) is 4.74 Å². The fourth-order valence-corrected chi connectivity index (χ4v) is 0.869. The van der Waals surface area contributed by atoms with Crippen LogP contribution in [0.4, 0.5) is 0 Å². The van der Waals surface area contributed by atoms with Gasteiger partial charge in [-0.25, -0.2) is 0 Å². The molecule has 1 heterocycles. The van der Waals surface area contributed by atoms with E-state index in [1.165, 1.54) is 0 Å². The predicted molar refractivity (Wildman–Crippen MR) is 30.8 cm³/mol. The number of carbonyl (C=O) groups excluding carboxylic acids is 2. The van der Waals surface area contributed by atoms with Crippen molar-refractivity contribution >= 4 is 11.9 Å². The van der Waals surface area contributed by atoms with E-state index >= 15 is 0 Å². The van der Waals surface area contributed by atoms with Gasteiger partial charge in [0.25, 0.3) is 0 Å². The molecule has 0 aromatic rings. The Bertz CT molecular complexity index is 175. The number of hydrogen-bond acceptors (Lipinski definition) is 4. The number of aliphatic hydroxyl groups excluding tert-OH is 1. The molecule has 1 fully saturated rings. The minimum atomic E-state index is -0.646. The van der Waals surface area contributed by atoms with E-state index in [1.54, 1.807) is 6.92 Å². The number of hydrogen-bond donors (Lipinski definition) is 1. The molecule has 2 atom stereocenters. The first-order valence-corrected chi connectivity index (χ1v) is 3.03. The molecule has 0 amide bonds. The summed E-state index contributed by atoms with van der Waals surface area (Å²) in [5.41, 5.74) is 0. The fraction of sp³-hybridized carbons (Fsp3) is 0.667. The molecule has 10 heavy (non-hydrogen) atoms. The van der Waals surface area contributed by atoms with Crippen molar-refractivity contribution in [3.05, 3.63) is 0 Å². The Morgan fingerprint density at radius 2 is 2.10 bits per heavy atom. The maximum Gasteiger partial charge on any atom is 0.319 e. The van der Waals surface area contributed by atoms with Crippen LogP contribution in [0.15, 0.2) is 0 Å². The van der Waals surface area contributed by atoms with Gasteiger partial charge in [0, 0.05) is 0 Å². The van der Waals surface area contributed by atoms with Gasteiger partial charge in [-0.3, -0.25) is 9.59 Å². The van der Waals surface area contributed by atoms with Gasteiger partial charge in [0.05, 0.1) is 18.4 Å². The van der Waals surface area contributed by atoms with Crippen LogP contribution in [0.1, 0.15) is 6.92 Å². The van der Waals surface area contributed by atoms with Gasteiger partial charge in [0.2, 0.25) is 0 Å². The molecule has 0 bridgehead atoms. The minimum Gasteiger partial charge on any atom is -0.395 e. The summed E-state index contributed by atoms with van der Waals surface area (Å²) in [5.74, 6) is -2.28. The Morgan fingerprint density at radius 3 is 2.30 bits per heavy atom. The van der Waals surface area contributed by atoms with Crippen LogP contribution in [-0.4, -0.2) is 23.7 Å². The van der Waals surface area contributed by atoms with Gasteiger partial charge in [-0.2, -0.15) is 0 Å². The van der Waals surface area contributed by atoms with E-state index in [9.17, 15) is 9.59 Å². The van der Waals surface area contributed by atoms with Crippen molar-refractivity contribution in [1.82, 2.24) is 0 Å². The summed E-state index contributed by atoms with van der Waals surface area (Å²) in [5, 5.41) is 8.57. The summed E-state index contributed by atoms with van der Waals surface area (Å²) < 4.78 is 4.24. The Balaban J connectivity index is 2.73. The molecule has 1 rings (SSSR count). The fourth-order valence-electron chi connectivity index (χ4n) is 0.869. The van der Waals surface area contributed by atoms with Crippen molar-refractivity contribution < 1.29 is 19.4 Å². The molecule has 0 aromatic carbocycles. The highest BCUT2D eigenvalue weighted by Crippen LogP contribution is 2.21. The Labute approximate surface area is 57.8 Å². The van der Waals surface area contributed by atoms with Gasteiger partial charge in [0.15, 0.2) is 0 Å². The van der Waals surface area contributed by atoms with Crippen molar-refractivity contribution in [2.75, 3.05) is 6.61 Å². The van der Waals surface area contributed by atoms with Crippen LogP contribution in [0.25, 0.3) is 0 Å². The van der Waals surface area contributed by atoms with Crippen molar-refractivity contribution in [2.45, 2.75) is 6.92 Å². The monoisotopic (exact) mass is 144 g/mol. The predicted octanol–water partition coefficient (Wildman–Crippen LogP) is -0.686. The Morgan fingerprint density at radius 1 is 1.50 bits per heavy atom. The van der Waals surface area contributed by atoms with E-state index < -0.39 is 23.8 Å².